The van der Waals surface area contributed by atoms with E-state index >= 15 is 0 Å². The predicted molar refractivity (Wildman–Crippen MR) is 123 cm³/mol. The van der Waals surface area contributed by atoms with Gasteiger partial charge in [0.1, 0.15) is 0 Å². The normalized spacial score (nSPS) is 20.7. The number of halogens is 2. The first-order chi connectivity index (χ1) is 14.2. The number of carbonyl (C=O) groups excluding carboxylic acids is 2. The number of amides is 1. The van der Waals surface area contributed by atoms with Crippen molar-refractivity contribution in [3.63, 3.8) is 0 Å². The zero-order valence-corrected chi connectivity index (χ0v) is 19.6. The quantitative estimate of drug-likeness (QED) is 0.438. The summed E-state index contributed by atoms with van der Waals surface area (Å²) in [7, 11) is 1.31. The number of methoxy groups -OCH3 is 1. The lowest BCUT2D eigenvalue weighted by Crippen LogP contribution is -2.50. The minimum absolute atomic E-state index is 0.279. The van der Waals surface area contributed by atoms with E-state index < -0.39 is 16.9 Å². The Morgan fingerprint density at radius 3 is 2.30 bits per heavy atom. The van der Waals surface area contributed by atoms with Crippen LogP contribution in [0.2, 0.25) is 10.0 Å². The lowest BCUT2D eigenvalue weighted by molar-refractivity contribution is -0.153. The second kappa shape index (κ2) is 8.66. The fraction of sp³-hybridized carbons (Fsp3) is 0.304. The summed E-state index contributed by atoms with van der Waals surface area (Å²) < 4.78 is 5.17. The van der Waals surface area contributed by atoms with E-state index in [1.165, 1.54) is 18.9 Å². The molecule has 1 atom stereocenters. The van der Waals surface area contributed by atoms with Crippen LogP contribution in [0.1, 0.15) is 25.0 Å². The van der Waals surface area contributed by atoms with Gasteiger partial charge < -0.3 is 9.64 Å². The fourth-order valence-electron chi connectivity index (χ4n) is 3.97. The highest BCUT2D eigenvalue weighted by Gasteiger charge is 2.60. The Morgan fingerprint density at radius 2 is 1.77 bits per heavy atom. The van der Waals surface area contributed by atoms with Crippen LogP contribution in [0.15, 0.2) is 59.5 Å². The third-order valence-electron chi connectivity index (χ3n) is 5.58. The van der Waals surface area contributed by atoms with E-state index in [2.05, 4.69) is 0 Å². The van der Waals surface area contributed by atoms with Gasteiger partial charge in [0, 0.05) is 16.6 Å². The summed E-state index contributed by atoms with van der Waals surface area (Å²) in [6.45, 7) is 4.12. The maximum Gasteiger partial charge on any atom is 0.330 e. The molecule has 1 aliphatic rings. The van der Waals surface area contributed by atoms with Crippen LogP contribution in [0.3, 0.4) is 0 Å². The first-order valence-corrected chi connectivity index (χ1v) is 11.4. The third-order valence-corrected chi connectivity index (χ3v) is 6.54. The molecule has 1 amide bonds. The molecule has 3 rings (SSSR count). The number of carbonyl (C=O) groups is 2. The number of hydrogen-bond acceptors (Lipinski definition) is 4. The summed E-state index contributed by atoms with van der Waals surface area (Å²) in [5.41, 5.74) is -0.249. The van der Waals surface area contributed by atoms with Gasteiger partial charge in [0.05, 0.1) is 12.6 Å². The predicted octanol–water partition coefficient (Wildman–Crippen LogP) is 5.43. The van der Waals surface area contributed by atoms with Crippen LogP contribution in [0.4, 0.5) is 0 Å². The standard InChI is InChI=1S/C23H23Cl2NO3S/c1-22(2,16-10-18(24)12-19(25)11-16)26-13-17(14-30-4)23(20(26)27,21(28)29-3)15-8-6-5-7-9-15/h5-12,14H,13H2,1-4H3. The number of thioether (sulfide) groups is 1. The first-order valence-electron chi connectivity index (χ1n) is 9.34. The van der Waals surface area contributed by atoms with E-state index in [1.54, 1.807) is 35.2 Å². The number of rotatable bonds is 5. The molecule has 1 saturated heterocycles. The second-order valence-electron chi connectivity index (χ2n) is 7.59. The highest BCUT2D eigenvalue weighted by molar-refractivity contribution is 8.01. The van der Waals surface area contributed by atoms with Gasteiger partial charge in [0.15, 0.2) is 5.41 Å². The molecule has 0 bridgehead atoms. The Kier molecular flexibility index (Phi) is 6.56. The molecule has 0 spiro atoms. The molecule has 0 saturated carbocycles. The molecular weight excluding hydrogens is 441 g/mol. The van der Waals surface area contributed by atoms with Crippen LogP contribution >= 0.6 is 35.0 Å². The Bertz CT molecular complexity index is 987. The third kappa shape index (κ3) is 3.64. The van der Waals surface area contributed by atoms with Gasteiger partial charge in [-0.3, -0.25) is 9.59 Å². The van der Waals surface area contributed by atoms with Gasteiger partial charge in [0.2, 0.25) is 5.91 Å². The minimum Gasteiger partial charge on any atom is -0.468 e. The minimum atomic E-state index is -1.53. The van der Waals surface area contributed by atoms with Crippen molar-refractivity contribution in [3.05, 3.63) is 80.7 Å². The van der Waals surface area contributed by atoms with E-state index in [0.717, 1.165) is 5.56 Å². The van der Waals surface area contributed by atoms with Crippen LogP contribution in [-0.4, -0.2) is 36.7 Å². The average molecular weight is 464 g/mol. The van der Waals surface area contributed by atoms with E-state index in [9.17, 15) is 9.59 Å². The van der Waals surface area contributed by atoms with Gasteiger partial charge in [0.25, 0.3) is 0 Å². The second-order valence-corrected chi connectivity index (χ2v) is 9.17. The Hall–Kier alpha value is -1.95. The molecule has 1 heterocycles. The number of hydrogen-bond donors (Lipinski definition) is 0. The summed E-state index contributed by atoms with van der Waals surface area (Å²) in [5, 5.41) is 2.84. The molecule has 1 unspecified atom stereocenters. The van der Waals surface area contributed by atoms with Crippen molar-refractivity contribution < 1.29 is 14.3 Å². The van der Waals surface area contributed by atoms with Crippen LogP contribution < -0.4 is 0 Å². The lowest BCUT2D eigenvalue weighted by atomic mass is 9.76. The largest absolute Gasteiger partial charge is 0.468 e. The molecule has 0 aliphatic carbocycles. The Morgan fingerprint density at radius 1 is 1.17 bits per heavy atom. The van der Waals surface area contributed by atoms with Gasteiger partial charge >= 0.3 is 5.97 Å². The molecule has 0 N–H and O–H groups in total. The molecule has 2 aromatic rings. The number of ether oxygens (including phenoxy) is 1. The molecule has 2 aromatic carbocycles. The van der Waals surface area contributed by atoms with Crippen LogP contribution in [0, 0.1) is 0 Å². The van der Waals surface area contributed by atoms with Crippen molar-refractivity contribution in [2.24, 2.45) is 0 Å². The summed E-state index contributed by atoms with van der Waals surface area (Å²) in [6, 6.07) is 14.3. The van der Waals surface area contributed by atoms with Crippen LogP contribution in [0.25, 0.3) is 0 Å². The van der Waals surface area contributed by atoms with Crippen LogP contribution in [-0.2, 0) is 25.3 Å². The van der Waals surface area contributed by atoms with Crippen LogP contribution in [0.5, 0.6) is 0 Å². The van der Waals surface area contributed by atoms with E-state index in [1.807, 2.05) is 43.7 Å². The van der Waals surface area contributed by atoms with Crippen molar-refractivity contribution in [2.45, 2.75) is 24.8 Å². The molecule has 1 fully saturated rings. The molecular formula is C23H23Cl2NO3S. The number of esters is 1. The zero-order valence-electron chi connectivity index (χ0n) is 17.2. The maximum absolute atomic E-state index is 14.0. The van der Waals surface area contributed by atoms with Crippen molar-refractivity contribution in [2.75, 3.05) is 19.9 Å². The van der Waals surface area contributed by atoms with Gasteiger partial charge in [-0.05, 0) is 60.4 Å². The topological polar surface area (TPSA) is 46.6 Å². The van der Waals surface area contributed by atoms with E-state index in [-0.39, 0.29) is 12.5 Å². The summed E-state index contributed by atoms with van der Waals surface area (Å²) in [4.78, 5) is 28.9. The maximum atomic E-state index is 14.0. The molecule has 0 radical (unpaired) electrons. The van der Waals surface area contributed by atoms with Gasteiger partial charge in [-0.2, -0.15) is 0 Å². The summed E-state index contributed by atoms with van der Waals surface area (Å²) in [6.07, 6.45) is 1.90. The molecule has 0 aromatic heterocycles. The monoisotopic (exact) mass is 463 g/mol. The summed E-state index contributed by atoms with van der Waals surface area (Å²) in [5.74, 6) is -0.927. The average Bonchev–Trinajstić information content (AvgIpc) is 3.01. The molecule has 30 heavy (non-hydrogen) atoms. The number of nitrogens with zero attached hydrogens (tertiary/aromatic N) is 1. The SMILES string of the molecule is COC(=O)C1(c2ccccc2)C(=O)N(C(C)(C)c2cc(Cl)cc(Cl)c2)CC1=CSC. The van der Waals surface area contributed by atoms with E-state index in [0.29, 0.717) is 21.2 Å². The van der Waals surface area contributed by atoms with Gasteiger partial charge in [-0.1, -0.05) is 53.5 Å². The highest BCUT2D eigenvalue weighted by Crippen LogP contribution is 2.47. The zero-order chi connectivity index (χ0) is 22.1. The van der Waals surface area contributed by atoms with E-state index in [4.69, 9.17) is 27.9 Å². The highest BCUT2D eigenvalue weighted by atomic mass is 35.5. The Labute approximate surface area is 191 Å². The molecule has 7 heteroatoms. The molecule has 158 valence electrons. The number of benzene rings is 2. The van der Waals surface area contributed by atoms with Gasteiger partial charge in [-0.25, -0.2) is 0 Å². The van der Waals surface area contributed by atoms with Gasteiger partial charge in [-0.15, -0.1) is 11.8 Å². The molecule has 1 aliphatic heterocycles. The Balaban J connectivity index is 2.22. The van der Waals surface area contributed by atoms with Crippen molar-refractivity contribution in [3.8, 4) is 0 Å². The van der Waals surface area contributed by atoms with Crippen molar-refractivity contribution in [1.82, 2.24) is 4.90 Å². The first kappa shape index (κ1) is 22.7. The number of likely N-dealkylation sites (tertiary alicyclic amines) is 1. The lowest BCUT2D eigenvalue weighted by Gasteiger charge is -2.37. The fourth-order valence-corrected chi connectivity index (χ4v) is 5.03. The smallest absolute Gasteiger partial charge is 0.330 e. The van der Waals surface area contributed by atoms with Crippen molar-refractivity contribution in [1.29, 1.82) is 0 Å². The molecule has 4 nitrogen and oxygen atoms in total. The summed E-state index contributed by atoms with van der Waals surface area (Å²) >= 11 is 13.9. The van der Waals surface area contributed by atoms with Crippen molar-refractivity contribution >= 4 is 46.8 Å².